The predicted octanol–water partition coefficient (Wildman–Crippen LogP) is 3.52. The Balaban J connectivity index is 2.58. The van der Waals surface area contributed by atoms with Crippen molar-refractivity contribution < 1.29 is 19.5 Å². The summed E-state index contributed by atoms with van der Waals surface area (Å²) >= 11 is 6.00. The van der Waals surface area contributed by atoms with Crippen molar-refractivity contribution in [2.24, 2.45) is 0 Å². The average Bonchev–Trinajstić information content (AvgIpc) is 2.80. The van der Waals surface area contributed by atoms with Crippen molar-refractivity contribution in [1.82, 2.24) is 5.16 Å². The molecule has 0 atom stereocenters. The first-order valence-corrected chi connectivity index (χ1v) is 6.00. The van der Waals surface area contributed by atoms with Crippen LogP contribution in [-0.2, 0) is 0 Å². The molecule has 0 aliphatic heterocycles. The Morgan fingerprint density at radius 1 is 1.37 bits per heavy atom. The molecule has 0 spiro atoms. The van der Waals surface area contributed by atoms with Gasteiger partial charge >= 0.3 is 5.97 Å². The maximum Gasteiger partial charge on any atom is 0.374 e. The first kappa shape index (κ1) is 13.4. The van der Waals surface area contributed by atoms with Crippen LogP contribution in [0, 0.1) is 0 Å². The van der Waals surface area contributed by atoms with E-state index in [1.165, 1.54) is 12.1 Å². The molecule has 0 saturated heterocycles. The third kappa shape index (κ3) is 2.56. The van der Waals surface area contributed by atoms with Crippen molar-refractivity contribution in [3.63, 3.8) is 0 Å². The predicted molar refractivity (Wildman–Crippen MR) is 69.7 cm³/mol. The number of hydrogen-bond acceptors (Lipinski definition) is 4. The smallest absolute Gasteiger partial charge is 0.374 e. The van der Waals surface area contributed by atoms with E-state index in [1.54, 1.807) is 6.07 Å². The summed E-state index contributed by atoms with van der Waals surface area (Å²) in [7, 11) is 0. The Kier molecular flexibility index (Phi) is 3.48. The van der Waals surface area contributed by atoms with Crippen LogP contribution in [0.4, 0.5) is 0 Å². The Hall–Kier alpha value is -2.01. The topological polar surface area (TPSA) is 83.6 Å². The molecule has 0 amide bonds. The molecule has 0 aliphatic rings. The Bertz CT molecular complexity index is 634. The second-order valence-corrected chi connectivity index (χ2v) is 4.86. The fourth-order valence-electron chi connectivity index (χ4n) is 1.76. The van der Waals surface area contributed by atoms with E-state index in [0.717, 1.165) is 0 Å². The Morgan fingerprint density at radius 3 is 2.58 bits per heavy atom. The zero-order valence-electron chi connectivity index (χ0n) is 10.3. The summed E-state index contributed by atoms with van der Waals surface area (Å²) in [5.74, 6) is -1.40. The molecule has 1 aromatic carbocycles. The van der Waals surface area contributed by atoms with Crippen molar-refractivity contribution in [3.05, 3.63) is 34.5 Å². The standard InChI is InChI=1S/C13H12ClNO4/c1-6(2)8-3-7(14)4-9(12(8)16)10-5-11(13(17)18)19-15-10/h3-6,16H,1-2H3,(H,17,18). The molecule has 2 aromatic rings. The van der Waals surface area contributed by atoms with Gasteiger partial charge in [-0.25, -0.2) is 4.79 Å². The van der Waals surface area contributed by atoms with Crippen LogP contribution in [0.3, 0.4) is 0 Å². The van der Waals surface area contributed by atoms with Gasteiger partial charge in [-0.15, -0.1) is 0 Å². The maximum absolute atomic E-state index is 10.8. The molecule has 5 nitrogen and oxygen atoms in total. The highest BCUT2D eigenvalue weighted by molar-refractivity contribution is 6.31. The number of nitrogens with zero attached hydrogens (tertiary/aromatic N) is 1. The third-order valence-electron chi connectivity index (χ3n) is 2.72. The highest BCUT2D eigenvalue weighted by Crippen LogP contribution is 2.38. The lowest BCUT2D eigenvalue weighted by Crippen LogP contribution is -1.92. The van der Waals surface area contributed by atoms with Gasteiger partial charge in [-0.1, -0.05) is 30.6 Å². The van der Waals surface area contributed by atoms with Crippen LogP contribution in [-0.4, -0.2) is 21.3 Å². The van der Waals surface area contributed by atoms with E-state index >= 15 is 0 Å². The molecule has 1 heterocycles. The SMILES string of the molecule is CC(C)c1cc(Cl)cc(-c2cc(C(=O)O)on2)c1O. The molecular weight excluding hydrogens is 270 g/mol. The summed E-state index contributed by atoms with van der Waals surface area (Å²) in [4.78, 5) is 10.8. The van der Waals surface area contributed by atoms with E-state index in [0.29, 0.717) is 16.1 Å². The molecule has 6 heteroatoms. The molecule has 1 aromatic heterocycles. The third-order valence-corrected chi connectivity index (χ3v) is 2.94. The minimum atomic E-state index is -1.22. The molecule has 0 aliphatic carbocycles. The van der Waals surface area contributed by atoms with Crippen molar-refractivity contribution in [2.75, 3.05) is 0 Å². The van der Waals surface area contributed by atoms with Gasteiger partial charge in [-0.05, 0) is 23.6 Å². The van der Waals surface area contributed by atoms with Gasteiger partial charge in [0, 0.05) is 16.7 Å². The van der Waals surface area contributed by atoms with Gasteiger partial charge in [-0.2, -0.15) is 0 Å². The molecule has 2 rings (SSSR count). The number of carbonyl (C=O) groups is 1. The van der Waals surface area contributed by atoms with Crippen LogP contribution in [0.5, 0.6) is 5.75 Å². The summed E-state index contributed by atoms with van der Waals surface area (Å²) in [6, 6.07) is 4.44. The highest BCUT2D eigenvalue weighted by Gasteiger charge is 2.18. The van der Waals surface area contributed by atoms with E-state index in [2.05, 4.69) is 9.68 Å². The number of carboxylic acid groups (broad SMARTS) is 1. The summed E-state index contributed by atoms with van der Waals surface area (Å²) in [5, 5.41) is 23.1. The number of aromatic carboxylic acids is 1. The van der Waals surface area contributed by atoms with Crippen molar-refractivity contribution in [1.29, 1.82) is 0 Å². The number of carboxylic acids is 1. The van der Waals surface area contributed by atoms with Crippen LogP contribution >= 0.6 is 11.6 Å². The quantitative estimate of drug-likeness (QED) is 0.899. The number of halogens is 1. The molecule has 0 fully saturated rings. The summed E-state index contributed by atoms with van der Waals surface area (Å²) in [5.41, 5.74) is 1.26. The number of aromatic nitrogens is 1. The molecule has 0 bridgehead atoms. The van der Waals surface area contributed by atoms with E-state index in [1.807, 2.05) is 13.8 Å². The number of benzene rings is 1. The molecule has 100 valence electrons. The monoisotopic (exact) mass is 281 g/mol. The Morgan fingerprint density at radius 2 is 2.05 bits per heavy atom. The van der Waals surface area contributed by atoms with Crippen molar-refractivity contribution >= 4 is 17.6 Å². The van der Waals surface area contributed by atoms with Crippen LogP contribution < -0.4 is 0 Å². The van der Waals surface area contributed by atoms with Gasteiger partial charge in [0.15, 0.2) is 0 Å². The van der Waals surface area contributed by atoms with Crippen molar-refractivity contribution in [3.8, 4) is 17.0 Å². The first-order chi connectivity index (χ1) is 8.90. The number of rotatable bonds is 3. The highest BCUT2D eigenvalue weighted by atomic mass is 35.5. The molecular formula is C13H12ClNO4. The van der Waals surface area contributed by atoms with Gasteiger partial charge < -0.3 is 14.7 Å². The van der Waals surface area contributed by atoms with E-state index in [-0.39, 0.29) is 23.1 Å². The van der Waals surface area contributed by atoms with Crippen LogP contribution in [0.15, 0.2) is 22.7 Å². The second-order valence-electron chi connectivity index (χ2n) is 4.43. The zero-order chi connectivity index (χ0) is 14.2. The minimum Gasteiger partial charge on any atom is -0.507 e. The zero-order valence-corrected chi connectivity index (χ0v) is 11.1. The fraction of sp³-hybridized carbons (Fsp3) is 0.231. The average molecular weight is 282 g/mol. The van der Waals surface area contributed by atoms with Crippen LogP contribution in [0.1, 0.15) is 35.9 Å². The minimum absolute atomic E-state index is 0.0321. The molecule has 0 unspecified atom stereocenters. The van der Waals surface area contributed by atoms with Crippen LogP contribution in [0.2, 0.25) is 5.02 Å². The normalized spacial score (nSPS) is 10.9. The van der Waals surface area contributed by atoms with E-state index in [4.69, 9.17) is 16.7 Å². The lowest BCUT2D eigenvalue weighted by atomic mass is 9.98. The number of aromatic hydroxyl groups is 1. The van der Waals surface area contributed by atoms with Gasteiger partial charge in [0.1, 0.15) is 11.4 Å². The van der Waals surface area contributed by atoms with Gasteiger partial charge in [0.25, 0.3) is 0 Å². The lowest BCUT2D eigenvalue weighted by molar-refractivity contribution is 0.0652. The van der Waals surface area contributed by atoms with Gasteiger partial charge in [0.2, 0.25) is 5.76 Å². The molecule has 0 saturated carbocycles. The molecule has 2 N–H and O–H groups in total. The number of hydrogen-bond donors (Lipinski definition) is 2. The molecule has 0 radical (unpaired) electrons. The van der Waals surface area contributed by atoms with E-state index in [9.17, 15) is 9.90 Å². The maximum atomic E-state index is 10.8. The number of phenols is 1. The van der Waals surface area contributed by atoms with Crippen molar-refractivity contribution in [2.45, 2.75) is 19.8 Å². The van der Waals surface area contributed by atoms with Gasteiger partial charge in [-0.3, -0.25) is 0 Å². The second kappa shape index (κ2) is 4.93. The fourth-order valence-corrected chi connectivity index (χ4v) is 1.99. The first-order valence-electron chi connectivity index (χ1n) is 5.63. The largest absolute Gasteiger partial charge is 0.507 e. The molecule has 19 heavy (non-hydrogen) atoms. The summed E-state index contributed by atoms with van der Waals surface area (Å²) in [6.07, 6.45) is 0. The number of phenolic OH excluding ortho intramolecular Hbond substituents is 1. The lowest BCUT2D eigenvalue weighted by Gasteiger charge is -2.11. The van der Waals surface area contributed by atoms with Crippen LogP contribution in [0.25, 0.3) is 11.3 Å². The summed E-state index contributed by atoms with van der Waals surface area (Å²) < 4.78 is 4.67. The Labute approximate surface area is 114 Å². The van der Waals surface area contributed by atoms with Gasteiger partial charge in [0.05, 0.1) is 0 Å². The van der Waals surface area contributed by atoms with E-state index < -0.39 is 5.97 Å². The summed E-state index contributed by atoms with van der Waals surface area (Å²) in [6.45, 7) is 3.83.